The summed E-state index contributed by atoms with van der Waals surface area (Å²) in [5, 5.41) is 3.64. The molecule has 0 saturated carbocycles. The number of aryl methyl sites for hydroxylation is 2. The largest absolute Gasteiger partial charge is 0.311 e. The van der Waals surface area contributed by atoms with Crippen LogP contribution in [0.5, 0.6) is 0 Å². The van der Waals surface area contributed by atoms with Crippen molar-refractivity contribution in [2.75, 3.05) is 13.1 Å². The molecule has 1 aromatic rings. The van der Waals surface area contributed by atoms with E-state index in [-0.39, 0.29) is 0 Å². The lowest BCUT2D eigenvalue weighted by atomic mass is 9.96. The van der Waals surface area contributed by atoms with Gasteiger partial charge in [0.2, 0.25) is 0 Å². The summed E-state index contributed by atoms with van der Waals surface area (Å²) in [5.41, 5.74) is 4.38. The van der Waals surface area contributed by atoms with Crippen molar-refractivity contribution in [2.24, 2.45) is 5.92 Å². The van der Waals surface area contributed by atoms with Crippen LogP contribution in [0.2, 0.25) is 0 Å². The van der Waals surface area contributed by atoms with E-state index in [9.17, 15) is 0 Å². The Bertz CT molecular complexity index is 419. The van der Waals surface area contributed by atoms with E-state index >= 15 is 0 Å². The Morgan fingerprint density at radius 3 is 2.50 bits per heavy atom. The fourth-order valence-electron chi connectivity index (χ4n) is 3.30. The van der Waals surface area contributed by atoms with E-state index in [1.54, 1.807) is 0 Å². The fourth-order valence-corrected chi connectivity index (χ4v) is 3.30. The van der Waals surface area contributed by atoms with E-state index in [1.165, 1.54) is 23.1 Å². The molecule has 0 radical (unpaired) electrons. The summed E-state index contributed by atoms with van der Waals surface area (Å²) in [6.45, 7) is 14.8. The van der Waals surface area contributed by atoms with Crippen LogP contribution < -0.4 is 5.32 Å². The molecule has 0 aliphatic carbocycles. The van der Waals surface area contributed by atoms with Gasteiger partial charge in [0.05, 0.1) is 0 Å². The Morgan fingerprint density at radius 2 is 1.90 bits per heavy atom. The van der Waals surface area contributed by atoms with Crippen LogP contribution in [0.1, 0.15) is 43.9 Å². The Hall–Kier alpha value is -0.860. The summed E-state index contributed by atoms with van der Waals surface area (Å²) in [6.07, 6.45) is 1.28. The normalized spacial score (nSPS) is 24.3. The Kier molecular flexibility index (Phi) is 5.22. The number of piperazine rings is 1. The first-order valence-corrected chi connectivity index (χ1v) is 8.00. The van der Waals surface area contributed by atoms with Crippen molar-refractivity contribution in [2.45, 2.75) is 59.7 Å². The molecule has 1 aliphatic heterocycles. The van der Waals surface area contributed by atoms with Crippen molar-refractivity contribution in [1.82, 2.24) is 10.2 Å². The second-order valence-corrected chi connectivity index (χ2v) is 6.89. The molecule has 0 bridgehead atoms. The lowest BCUT2D eigenvalue weighted by Crippen LogP contribution is -2.55. The van der Waals surface area contributed by atoms with E-state index in [4.69, 9.17) is 0 Å². The van der Waals surface area contributed by atoms with Gasteiger partial charge in [0.15, 0.2) is 0 Å². The summed E-state index contributed by atoms with van der Waals surface area (Å²) in [7, 11) is 0. The van der Waals surface area contributed by atoms with E-state index in [0.29, 0.717) is 12.1 Å². The number of rotatable bonds is 4. The minimum absolute atomic E-state index is 0.600. The van der Waals surface area contributed by atoms with Crippen molar-refractivity contribution in [3.63, 3.8) is 0 Å². The average Bonchev–Trinajstić information content (AvgIpc) is 2.36. The molecule has 1 heterocycles. The molecule has 20 heavy (non-hydrogen) atoms. The first-order chi connectivity index (χ1) is 9.47. The van der Waals surface area contributed by atoms with Crippen LogP contribution in [0.25, 0.3) is 0 Å². The number of hydrogen-bond donors (Lipinski definition) is 1. The molecular formula is C18H30N2. The molecule has 0 spiro atoms. The van der Waals surface area contributed by atoms with Gasteiger partial charge in [-0.3, -0.25) is 4.90 Å². The van der Waals surface area contributed by atoms with Gasteiger partial charge in [0.1, 0.15) is 0 Å². The minimum atomic E-state index is 0.600. The Labute approximate surface area is 124 Å². The highest BCUT2D eigenvalue weighted by atomic mass is 15.2. The van der Waals surface area contributed by atoms with Crippen LogP contribution in [0.3, 0.4) is 0 Å². The van der Waals surface area contributed by atoms with Crippen molar-refractivity contribution in [1.29, 1.82) is 0 Å². The topological polar surface area (TPSA) is 15.3 Å². The molecule has 0 amide bonds. The molecule has 2 nitrogen and oxygen atoms in total. The van der Waals surface area contributed by atoms with E-state index in [2.05, 4.69) is 63.0 Å². The Morgan fingerprint density at radius 1 is 1.25 bits per heavy atom. The summed E-state index contributed by atoms with van der Waals surface area (Å²) in [5.74, 6) is 0.760. The first kappa shape index (κ1) is 15.5. The average molecular weight is 274 g/mol. The highest BCUT2D eigenvalue weighted by Crippen LogP contribution is 2.21. The molecular weight excluding hydrogens is 244 g/mol. The predicted octanol–water partition coefficient (Wildman–Crippen LogP) is 3.51. The van der Waals surface area contributed by atoms with Crippen LogP contribution in [-0.2, 0) is 6.54 Å². The minimum Gasteiger partial charge on any atom is -0.311 e. The van der Waals surface area contributed by atoms with Crippen LogP contribution >= 0.6 is 0 Å². The molecule has 1 fully saturated rings. The third-order valence-electron chi connectivity index (χ3n) is 4.48. The summed E-state index contributed by atoms with van der Waals surface area (Å²) in [6, 6.07) is 7.92. The maximum atomic E-state index is 3.64. The smallest absolute Gasteiger partial charge is 0.0243 e. The van der Waals surface area contributed by atoms with Crippen molar-refractivity contribution in [3.05, 3.63) is 34.9 Å². The van der Waals surface area contributed by atoms with Gasteiger partial charge in [-0.15, -0.1) is 0 Å². The van der Waals surface area contributed by atoms with Crippen LogP contribution in [0.15, 0.2) is 18.2 Å². The second-order valence-electron chi connectivity index (χ2n) is 6.89. The lowest BCUT2D eigenvalue weighted by Gasteiger charge is -2.40. The van der Waals surface area contributed by atoms with Crippen molar-refractivity contribution < 1.29 is 0 Å². The monoisotopic (exact) mass is 274 g/mol. The number of hydrogen-bond acceptors (Lipinski definition) is 2. The SMILES string of the molecule is Cc1cccc(C)c1CN1CC(C)NCC1CC(C)C. The number of nitrogens with zero attached hydrogens (tertiary/aromatic N) is 1. The molecule has 112 valence electrons. The zero-order valence-electron chi connectivity index (χ0n) is 13.7. The van der Waals surface area contributed by atoms with Crippen LogP contribution in [0.4, 0.5) is 0 Å². The van der Waals surface area contributed by atoms with Gasteiger partial charge in [-0.1, -0.05) is 32.0 Å². The zero-order valence-corrected chi connectivity index (χ0v) is 13.7. The summed E-state index contributed by atoms with van der Waals surface area (Å²) in [4.78, 5) is 2.69. The quantitative estimate of drug-likeness (QED) is 0.904. The fraction of sp³-hybridized carbons (Fsp3) is 0.667. The number of nitrogens with one attached hydrogen (secondary N) is 1. The summed E-state index contributed by atoms with van der Waals surface area (Å²) >= 11 is 0. The van der Waals surface area contributed by atoms with Crippen molar-refractivity contribution >= 4 is 0 Å². The molecule has 1 aromatic carbocycles. The maximum Gasteiger partial charge on any atom is 0.0243 e. The van der Waals surface area contributed by atoms with Crippen molar-refractivity contribution in [3.8, 4) is 0 Å². The van der Waals surface area contributed by atoms with Gasteiger partial charge in [0, 0.05) is 31.7 Å². The molecule has 1 N–H and O–H groups in total. The molecule has 2 unspecified atom stereocenters. The zero-order chi connectivity index (χ0) is 14.7. The first-order valence-electron chi connectivity index (χ1n) is 8.00. The summed E-state index contributed by atoms with van der Waals surface area (Å²) < 4.78 is 0. The predicted molar refractivity (Wildman–Crippen MR) is 87.0 cm³/mol. The van der Waals surface area contributed by atoms with Crippen LogP contribution in [0, 0.1) is 19.8 Å². The number of benzene rings is 1. The highest BCUT2D eigenvalue weighted by Gasteiger charge is 2.26. The van der Waals surface area contributed by atoms with Gasteiger partial charge in [-0.05, 0) is 49.8 Å². The van der Waals surface area contributed by atoms with Gasteiger partial charge in [0.25, 0.3) is 0 Å². The molecule has 2 rings (SSSR count). The Balaban J connectivity index is 2.14. The molecule has 2 heteroatoms. The van der Waals surface area contributed by atoms with E-state index in [0.717, 1.165) is 25.6 Å². The third kappa shape index (κ3) is 3.83. The standard InChI is InChI=1S/C18H30N2/c1-13(2)9-17-10-19-16(5)11-20(17)12-18-14(3)7-6-8-15(18)4/h6-8,13,16-17,19H,9-12H2,1-5H3. The van der Waals surface area contributed by atoms with E-state index in [1.807, 2.05) is 0 Å². The van der Waals surface area contributed by atoms with Gasteiger partial charge in [-0.2, -0.15) is 0 Å². The molecule has 1 saturated heterocycles. The second kappa shape index (κ2) is 6.73. The molecule has 1 aliphatic rings. The van der Waals surface area contributed by atoms with E-state index < -0.39 is 0 Å². The molecule has 2 atom stereocenters. The highest BCUT2D eigenvalue weighted by molar-refractivity contribution is 5.33. The van der Waals surface area contributed by atoms with Gasteiger partial charge >= 0.3 is 0 Å². The lowest BCUT2D eigenvalue weighted by molar-refractivity contribution is 0.111. The molecule has 0 aromatic heterocycles. The maximum absolute atomic E-state index is 3.64. The van der Waals surface area contributed by atoms with Gasteiger partial charge in [-0.25, -0.2) is 0 Å². The van der Waals surface area contributed by atoms with Crippen LogP contribution in [-0.4, -0.2) is 30.1 Å². The third-order valence-corrected chi connectivity index (χ3v) is 4.48. The van der Waals surface area contributed by atoms with Gasteiger partial charge < -0.3 is 5.32 Å².